The number of nitrogens with two attached hydrogens (primary N) is 2. The zero-order chi connectivity index (χ0) is 27.7. The topological polar surface area (TPSA) is 253 Å². The average Bonchev–Trinajstić information content (AvgIpc) is 3.57. The van der Waals surface area contributed by atoms with E-state index in [0.717, 1.165) is 16.2 Å². The Balaban J connectivity index is 1.31. The van der Waals surface area contributed by atoms with Crippen molar-refractivity contribution in [2.45, 2.75) is 16.4 Å². The fourth-order valence-electron chi connectivity index (χ4n) is 3.71. The molecule has 5 heterocycles. The number of hydrogen-bond acceptors (Lipinski definition) is 16. The van der Waals surface area contributed by atoms with Crippen LogP contribution in [0.5, 0.6) is 0 Å². The number of β-lactam (4-membered cyclic amide) rings is 1. The number of thioether (sulfide) groups is 2. The number of hydrogen-bond donors (Lipinski definition) is 4. The zero-order valence-corrected chi connectivity index (χ0v) is 21.9. The first kappa shape index (κ1) is 26.1. The summed E-state index contributed by atoms with van der Waals surface area (Å²) in [7, 11) is 0. The minimum atomic E-state index is -1.28. The van der Waals surface area contributed by atoms with E-state index in [0.29, 0.717) is 21.9 Å². The van der Waals surface area contributed by atoms with Gasteiger partial charge in [0.15, 0.2) is 10.8 Å². The summed E-state index contributed by atoms with van der Waals surface area (Å²) in [5, 5.41) is 41.5. The maximum atomic E-state index is 13.0. The van der Waals surface area contributed by atoms with Crippen molar-refractivity contribution in [1.29, 1.82) is 5.26 Å². The molecule has 0 aliphatic carbocycles. The predicted molar refractivity (Wildman–Crippen MR) is 138 cm³/mol. The van der Waals surface area contributed by atoms with Crippen LogP contribution in [0, 0.1) is 11.3 Å². The third-order valence-electron chi connectivity index (χ3n) is 5.38. The Hall–Kier alpha value is -4.48. The van der Waals surface area contributed by atoms with Crippen LogP contribution < -0.4 is 16.8 Å². The summed E-state index contributed by atoms with van der Waals surface area (Å²) in [5.41, 5.74) is 12.4. The normalized spacial score (nSPS) is 18.9. The largest absolute Gasteiger partial charge is 0.477 e. The number of nitriles is 1. The lowest BCUT2D eigenvalue weighted by Crippen LogP contribution is -2.71. The van der Waals surface area contributed by atoms with Crippen LogP contribution in [0.4, 0.5) is 10.8 Å². The number of fused-ring (bicyclic) bond motifs is 2. The van der Waals surface area contributed by atoms with Crippen LogP contribution in [-0.4, -0.2) is 93.3 Å². The van der Waals surface area contributed by atoms with Gasteiger partial charge in [-0.05, 0) is 22.1 Å². The zero-order valence-electron chi connectivity index (χ0n) is 19.4. The number of carbonyl (C=O) groups is 3. The molecule has 17 nitrogen and oxygen atoms in total. The monoisotopic (exact) mass is 588 g/mol. The number of nitrogen functional groups attached to an aromatic ring is 2. The van der Waals surface area contributed by atoms with Crippen LogP contribution in [-0.2, 0) is 19.2 Å². The van der Waals surface area contributed by atoms with Crippen molar-refractivity contribution in [2.24, 2.45) is 5.16 Å². The molecule has 20 heteroatoms. The number of carbonyl (C=O) groups excluding carboxylic acids is 2. The van der Waals surface area contributed by atoms with E-state index in [1.807, 2.05) is 0 Å². The second-order valence-electron chi connectivity index (χ2n) is 7.78. The van der Waals surface area contributed by atoms with Crippen LogP contribution in [0.25, 0.3) is 5.65 Å². The fraction of sp³-hybridized carbons (Fsp3) is 0.263. The number of aromatic nitrogens is 6. The third-order valence-corrected chi connectivity index (χ3v) is 8.38. The molecule has 2 unspecified atom stereocenters. The number of anilines is 2. The Morgan fingerprint density at radius 1 is 1.41 bits per heavy atom. The number of oxime groups is 1. The maximum absolute atomic E-state index is 13.0. The maximum Gasteiger partial charge on any atom is 0.352 e. The molecule has 6 N–H and O–H groups in total. The van der Waals surface area contributed by atoms with Crippen molar-refractivity contribution in [1.82, 2.24) is 40.5 Å². The van der Waals surface area contributed by atoms with E-state index in [2.05, 4.69) is 36.1 Å². The van der Waals surface area contributed by atoms with Crippen molar-refractivity contribution in [3.63, 3.8) is 0 Å². The number of carboxylic acids is 1. The number of aliphatic carboxylic acids is 1. The Bertz CT molecular complexity index is 1590. The quantitative estimate of drug-likeness (QED) is 0.0762. The highest BCUT2D eigenvalue weighted by atomic mass is 32.2. The van der Waals surface area contributed by atoms with Crippen molar-refractivity contribution in [3.8, 4) is 6.07 Å². The summed E-state index contributed by atoms with van der Waals surface area (Å²) in [4.78, 5) is 48.2. The lowest BCUT2D eigenvalue weighted by molar-refractivity contribution is -0.150. The Morgan fingerprint density at radius 2 is 2.23 bits per heavy atom. The van der Waals surface area contributed by atoms with Crippen molar-refractivity contribution < 1.29 is 24.3 Å². The molecule has 3 aromatic heterocycles. The van der Waals surface area contributed by atoms with E-state index in [-0.39, 0.29) is 33.7 Å². The highest BCUT2D eigenvalue weighted by molar-refractivity contribution is 8.01. The van der Waals surface area contributed by atoms with Gasteiger partial charge in [0.05, 0.1) is 5.69 Å². The Labute approximate surface area is 230 Å². The number of amides is 2. The highest BCUT2D eigenvalue weighted by Gasteiger charge is 2.54. The van der Waals surface area contributed by atoms with Gasteiger partial charge in [-0.15, -0.1) is 37.9 Å². The van der Waals surface area contributed by atoms with Gasteiger partial charge in [0.25, 0.3) is 11.8 Å². The third kappa shape index (κ3) is 5.01. The highest BCUT2D eigenvalue weighted by Crippen LogP contribution is 2.41. The predicted octanol–water partition coefficient (Wildman–Crippen LogP) is -1.08. The first-order chi connectivity index (χ1) is 18.8. The van der Waals surface area contributed by atoms with Crippen molar-refractivity contribution >= 4 is 74.8 Å². The molecular weight excluding hydrogens is 572 g/mol. The van der Waals surface area contributed by atoms with Crippen LogP contribution in [0.1, 0.15) is 5.69 Å². The van der Waals surface area contributed by atoms with Gasteiger partial charge in [0.1, 0.15) is 33.9 Å². The summed E-state index contributed by atoms with van der Waals surface area (Å²) in [6.07, 6.45) is 0. The van der Waals surface area contributed by atoms with Crippen LogP contribution in [0.3, 0.4) is 0 Å². The van der Waals surface area contributed by atoms with E-state index >= 15 is 0 Å². The molecule has 200 valence electrons. The van der Waals surface area contributed by atoms with Crippen molar-refractivity contribution in [2.75, 3.05) is 29.6 Å². The number of nitrogens with one attached hydrogen (secondary N) is 1. The number of tetrazole rings is 1. The van der Waals surface area contributed by atoms with Gasteiger partial charge >= 0.3 is 5.97 Å². The molecule has 2 amide bonds. The van der Waals surface area contributed by atoms with E-state index in [4.69, 9.17) is 21.6 Å². The minimum Gasteiger partial charge on any atom is -0.477 e. The average molecular weight is 589 g/mol. The summed E-state index contributed by atoms with van der Waals surface area (Å²) in [6, 6.07) is 2.28. The molecule has 0 spiro atoms. The van der Waals surface area contributed by atoms with E-state index in [9.17, 15) is 19.5 Å². The smallest absolute Gasteiger partial charge is 0.352 e. The van der Waals surface area contributed by atoms with Crippen LogP contribution >= 0.6 is 34.9 Å². The summed E-state index contributed by atoms with van der Waals surface area (Å²) in [6.45, 7) is -0.412. The van der Waals surface area contributed by atoms with Gasteiger partial charge in [-0.3, -0.25) is 14.5 Å². The SMILES string of the molecule is N#CCO/N=C(/C(=O)NC1C(=O)N2C(C(=O)O)=C(CSc3cc(N)c4nnnn4n3)CSC12)c1csc(N)n1. The molecule has 2 aliphatic heterocycles. The molecule has 2 aliphatic rings. The molecule has 2 atom stereocenters. The van der Waals surface area contributed by atoms with Gasteiger partial charge in [-0.2, -0.15) is 5.26 Å². The standard InChI is InChI=1S/C19H16N12O5S3/c20-1-2-36-27-11(9-6-39-19(22)23-9)15(32)24-12-16(33)30-13(18(34)35)7(5-38-17(12)30)4-37-10-3-8(21)14-25-28-29-31(14)26-10/h3,6,12,17H,2,4-5,21H2,(H2,22,23)(H,24,32)(H,34,35)/b27-11+. The molecule has 0 saturated carbocycles. The summed E-state index contributed by atoms with van der Waals surface area (Å²) in [5.74, 6) is -2.18. The van der Waals surface area contributed by atoms with Gasteiger partial charge in [0, 0.05) is 16.9 Å². The first-order valence-electron chi connectivity index (χ1n) is 10.7. The molecule has 3 aromatic rings. The molecule has 0 radical (unpaired) electrons. The molecule has 1 fully saturated rings. The second kappa shape index (κ2) is 10.7. The lowest BCUT2D eigenvalue weighted by atomic mass is 10.0. The number of carboxylic acid groups (broad SMARTS) is 1. The van der Waals surface area contributed by atoms with Crippen LogP contribution in [0.2, 0.25) is 0 Å². The van der Waals surface area contributed by atoms with Gasteiger partial charge in [-0.1, -0.05) is 16.9 Å². The molecular formula is C19H16N12O5S3. The molecule has 1 saturated heterocycles. The first-order valence-corrected chi connectivity index (χ1v) is 13.7. The molecule has 5 rings (SSSR count). The fourth-order valence-corrected chi connectivity index (χ4v) is 6.63. The van der Waals surface area contributed by atoms with E-state index < -0.39 is 35.8 Å². The van der Waals surface area contributed by atoms with Crippen molar-refractivity contribution in [3.05, 3.63) is 28.4 Å². The van der Waals surface area contributed by atoms with E-state index in [1.54, 1.807) is 12.1 Å². The van der Waals surface area contributed by atoms with Gasteiger partial charge in [0.2, 0.25) is 12.3 Å². The van der Waals surface area contributed by atoms with Gasteiger partial charge < -0.3 is 26.7 Å². The number of nitrogens with zero attached hydrogens (tertiary/aromatic N) is 9. The Morgan fingerprint density at radius 3 is 2.95 bits per heavy atom. The molecule has 0 aromatic carbocycles. The van der Waals surface area contributed by atoms with Crippen LogP contribution in [0.15, 0.2) is 32.9 Å². The second-order valence-corrected chi connectivity index (χ2v) is 10.8. The van der Waals surface area contributed by atoms with Gasteiger partial charge in [-0.25, -0.2) is 9.78 Å². The minimum absolute atomic E-state index is 0.104. The van der Waals surface area contributed by atoms with E-state index in [1.165, 1.54) is 33.5 Å². The molecule has 39 heavy (non-hydrogen) atoms. The molecule has 0 bridgehead atoms. The lowest BCUT2D eigenvalue weighted by Gasteiger charge is -2.49. The summed E-state index contributed by atoms with van der Waals surface area (Å²) < 4.78 is 1.17. The Kier molecular flexibility index (Phi) is 7.18. The number of thiazole rings is 1. The number of rotatable bonds is 9. The summed E-state index contributed by atoms with van der Waals surface area (Å²) >= 11 is 3.58.